The van der Waals surface area contributed by atoms with Crippen molar-refractivity contribution >= 4 is 0 Å². The molecule has 0 fully saturated rings. The fraction of sp³-hybridized carbons (Fsp3) is 0.500. The minimum Gasteiger partial charge on any atom is -0.274 e. The van der Waals surface area contributed by atoms with Crippen molar-refractivity contribution in [3.8, 4) is 6.07 Å². The molecule has 0 aliphatic heterocycles. The van der Waals surface area contributed by atoms with Gasteiger partial charge in [0.15, 0.2) is 0 Å². The lowest BCUT2D eigenvalue weighted by molar-refractivity contribution is 0.959. The highest BCUT2D eigenvalue weighted by molar-refractivity contribution is 5.00. The van der Waals surface area contributed by atoms with Gasteiger partial charge in [0.25, 0.3) is 0 Å². The molecule has 9 heavy (non-hydrogen) atoms. The number of allylic oxidation sites excluding steroid dienone is 2. The van der Waals surface area contributed by atoms with E-state index in [0.717, 1.165) is 12.8 Å². The molecular weight excluding hydrogens is 114 g/mol. The van der Waals surface area contributed by atoms with Gasteiger partial charge < -0.3 is 0 Å². The van der Waals surface area contributed by atoms with Crippen LogP contribution in [0.2, 0.25) is 0 Å². The van der Waals surface area contributed by atoms with Gasteiger partial charge in [-0.05, 0) is 6.42 Å². The Labute approximate surface area is 55.9 Å². The summed E-state index contributed by atoms with van der Waals surface area (Å²) < 4.78 is 0. The number of rotatable bonds is 2. The maximum atomic E-state index is 7.96. The molecule has 4 N–H and O–H groups in total. The number of hydrogen-bond donors (Lipinski definition) is 2. The molecule has 0 saturated heterocycles. The van der Waals surface area contributed by atoms with Gasteiger partial charge in [0.05, 0.1) is 6.07 Å². The molecule has 0 aliphatic carbocycles. The summed E-state index contributed by atoms with van der Waals surface area (Å²) >= 11 is 0. The minimum atomic E-state index is 1.02. The Morgan fingerprint density at radius 1 is 1.56 bits per heavy atom. The van der Waals surface area contributed by atoms with E-state index in [-0.39, 0.29) is 0 Å². The molecule has 0 amide bonds. The van der Waals surface area contributed by atoms with Crippen LogP contribution in [0.4, 0.5) is 0 Å². The molecule has 52 valence electrons. The molecule has 0 aromatic carbocycles. The first-order valence-electron chi connectivity index (χ1n) is 2.79. The van der Waals surface area contributed by atoms with Gasteiger partial charge in [-0.25, -0.2) is 0 Å². The highest BCUT2D eigenvalue weighted by atomic mass is 15.0. The standard InChI is InChI=1S/C6H9N.H4N2/c1-2-3-4-5-6-7;1-2/h4-5H,2-3H2,1H3;1-2H2/b5-4+;. The quantitative estimate of drug-likeness (QED) is 0.325. The SMILES string of the molecule is CCC/C=C/C#N.NN. The summed E-state index contributed by atoms with van der Waals surface area (Å²) in [6.07, 6.45) is 5.54. The van der Waals surface area contributed by atoms with Crippen molar-refractivity contribution in [2.75, 3.05) is 0 Å². The normalized spacial score (nSPS) is 7.78. The first-order valence-corrected chi connectivity index (χ1v) is 2.79. The molecule has 3 heteroatoms. The van der Waals surface area contributed by atoms with Crippen molar-refractivity contribution in [2.24, 2.45) is 11.7 Å². The lowest BCUT2D eigenvalue weighted by atomic mass is 10.3. The molecule has 0 atom stereocenters. The number of hydrazine groups is 1. The van der Waals surface area contributed by atoms with Crippen LogP contribution >= 0.6 is 0 Å². The van der Waals surface area contributed by atoms with E-state index in [1.165, 1.54) is 6.08 Å². The Morgan fingerprint density at radius 3 is 2.44 bits per heavy atom. The van der Waals surface area contributed by atoms with E-state index >= 15 is 0 Å². The summed E-state index contributed by atoms with van der Waals surface area (Å²) in [6.45, 7) is 2.09. The topological polar surface area (TPSA) is 75.8 Å². The van der Waals surface area contributed by atoms with Gasteiger partial charge in [-0.3, -0.25) is 11.7 Å². The molecule has 0 radical (unpaired) electrons. The van der Waals surface area contributed by atoms with Crippen LogP contribution in [-0.2, 0) is 0 Å². The third kappa shape index (κ3) is 19.1. The zero-order chi connectivity index (χ0) is 7.54. The van der Waals surface area contributed by atoms with Gasteiger partial charge in [-0.2, -0.15) is 5.26 Å². The van der Waals surface area contributed by atoms with Crippen LogP contribution in [-0.4, -0.2) is 0 Å². The molecule has 0 aliphatic rings. The molecule has 0 aromatic heterocycles. The Bertz CT molecular complexity index is 91.0. The van der Waals surface area contributed by atoms with Crippen LogP contribution < -0.4 is 11.7 Å². The molecule has 0 spiro atoms. The van der Waals surface area contributed by atoms with Gasteiger partial charge in [0.1, 0.15) is 0 Å². The first-order chi connectivity index (χ1) is 4.41. The Balaban J connectivity index is 0. The molecule has 3 nitrogen and oxygen atoms in total. The molecule has 0 unspecified atom stereocenters. The van der Waals surface area contributed by atoms with E-state index in [2.05, 4.69) is 18.6 Å². The average molecular weight is 127 g/mol. The fourth-order valence-corrected chi connectivity index (χ4v) is 0.303. The predicted octanol–water partition coefficient (Wildman–Crippen LogP) is 0.685. The molecule has 0 aromatic rings. The van der Waals surface area contributed by atoms with E-state index in [0.29, 0.717) is 0 Å². The molecule has 0 heterocycles. The summed E-state index contributed by atoms with van der Waals surface area (Å²) in [5.74, 6) is 8.00. The highest BCUT2D eigenvalue weighted by Crippen LogP contribution is 1.85. The number of unbranched alkanes of at least 4 members (excludes halogenated alkanes) is 1. The van der Waals surface area contributed by atoms with Gasteiger partial charge in [0, 0.05) is 6.08 Å². The van der Waals surface area contributed by atoms with Crippen LogP contribution in [0.5, 0.6) is 0 Å². The van der Waals surface area contributed by atoms with E-state index < -0.39 is 0 Å². The van der Waals surface area contributed by atoms with E-state index in [4.69, 9.17) is 5.26 Å². The van der Waals surface area contributed by atoms with Crippen LogP contribution in [0.1, 0.15) is 19.8 Å². The molecular formula is C6H13N3. The van der Waals surface area contributed by atoms with Crippen LogP contribution in [0.25, 0.3) is 0 Å². The van der Waals surface area contributed by atoms with Crippen molar-refractivity contribution in [3.05, 3.63) is 12.2 Å². The smallest absolute Gasteiger partial charge is 0.0908 e. The van der Waals surface area contributed by atoms with E-state index in [1.807, 2.05) is 12.1 Å². The lowest BCUT2D eigenvalue weighted by Crippen LogP contribution is -2.02. The summed E-state index contributed by atoms with van der Waals surface area (Å²) in [7, 11) is 0. The second-order valence-corrected chi connectivity index (χ2v) is 1.32. The summed E-state index contributed by atoms with van der Waals surface area (Å²) in [6, 6.07) is 1.92. The van der Waals surface area contributed by atoms with Crippen molar-refractivity contribution in [1.29, 1.82) is 5.26 Å². The minimum absolute atomic E-state index is 1.02. The van der Waals surface area contributed by atoms with Gasteiger partial charge in [-0.15, -0.1) is 0 Å². The van der Waals surface area contributed by atoms with Gasteiger partial charge in [-0.1, -0.05) is 19.4 Å². The highest BCUT2D eigenvalue weighted by Gasteiger charge is 1.67. The molecule has 0 rings (SSSR count). The van der Waals surface area contributed by atoms with Crippen molar-refractivity contribution < 1.29 is 0 Å². The first kappa shape index (κ1) is 11.0. The monoisotopic (exact) mass is 127 g/mol. The van der Waals surface area contributed by atoms with Crippen molar-refractivity contribution in [2.45, 2.75) is 19.8 Å². The Kier molecular flexibility index (Phi) is 19.2. The zero-order valence-electron chi connectivity index (χ0n) is 5.67. The summed E-state index contributed by atoms with van der Waals surface area (Å²) in [4.78, 5) is 0. The van der Waals surface area contributed by atoms with Crippen molar-refractivity contribution in [3.63, 3.8) is 0 Å². The number of nitrogens with two attached hydrogens (primary N) is 2. The Hall–Kier alpha value is -0.850. The van der Waals surface area contributed by atoms with Gasteiger partial charge >= 0.3 is 0 Å². The van der Waals surface area contributed by atoms with Crippen LogP contribution in [0.15, 0.2) is 12.2 Å². The average Bonchev–Trinajstić information content (AvgIpc) is 1.94. The fourth-order valence-electron chi connectivity index (χ4n) is 0.303. The van der Waals surface area contributed by atoms with Crippen LogP contribution in [0.3, 0.4) is 0 Å². The third-order valence-corrected chi connectivity index (χ3v) is 0.648. The van der Waals surface area contributed by atoms with E-state index in [1.54, 1.807) is 0 Å². The molecule has 0 saturated carbocycles. The number of nitriles is 1. The number of nitrogens with zero attached hydrogens (tertiary/aromatic N) is 1. The number of hydrogen-bond acceptors (Lipinski definition) is 3. The largest absolute Gasteiger partial charge is 0.274 e. The predicted molar refractivity (Wildman–Crippen MR) is 38.0 cm³/mol. The maximum absolute atomic E-state index is 7.96. The summed E-state index contributed by atoms with van der Waals surface area (Å²) in [5.41, 5.74) is 0. The second kappa shape index (κ2) is 15.7. The molecule has 0 bridgehead atoms. The van der Waals surface area contributed by atoms with Gasteiger partial charge in [0.2, 0.25) is 0 Å². The van der Waals surface area contributed by atoms with Crippen molar-refractivity contribution in [1.82, 2.24) is 0 Å². The second-order valence-electron chi connectivity index (χ2n) is 1.32. The summed E-state index contributed by atoms with van der Waals surface area (Å²) in [5, 5.41) is 7.96. The van der Waals surface area contributed by atoms with E-state index in [9.17, 15) is 0 Å². The third-order valence-electron chi connectivity index (χ3n) is 0.648. The zero-order valence-corrected chi connectivity index (χ0v) is 5.67. The lowest BCUT2D eigenvalue weighted by Gasteiger charge is -1.75. The Morgan fingerprint density at radius 2 is 2.11 bits per heavy atom. The van der Waals surface area contributed by atoms with Crippen LogP contribution in [0, 0.1) is 11.3 Å². The maximum Gasteiger partial charge on any atom is 0.0908 e.